The fraction of sp³-hybridized carbons (Fsp3) is 0.556. The van der Waals surface area contributed by atoms with E-state index in [2.05, 4.69) is 57.2 Å². The van der Waals surface area contributed by atoms with Crippen molar-refractivity contribution in [1.29, 1.82) is 0 Å². The summed E-state index contributed by atoms with van der Waals surface area (Å²) >= 11 is 0. The van der Waals surface area contributed by atoms with E-state index in [9.17, 15) is 0 Å². The molecule has 0 bridgehead atoms. The second-order valence-corrected chi connectivity index (χ2v) is 8.91. The molecule has 0 amide bonds. The molecule has 0 spiro atoms. The van der Waals surface area contributed by atoms with Gasteiger partial charge in [-0.1, -0.05) is 64.3 Å². The molecule has 3 heteroatoms. The Hall–Kier alpha value is -2.00. The summed E-state index contributed by atoms with van der Waals surface area (Å²) in [4.78, 5) is 0. The molecular weight excluding hydrogens is 372 g/mol. The fourth-order valence-corrected chi connectivity index (χ4v) is 4.11. The Bertz CT molecular complexity index is 730. The first-order valence-electron chi connectivity index (χ1n) is 11.6. The third-order valence-corrected chi connectivity index (χ3v) is 6.37. The molecule has 2 aromatic rings. The monoisotopic (exact) mass is 410 g/mol. The minimum Gasteiger partial charge on any atom is -0.491 e. The van der Waals surface area contributed by atoms with E-state index in [-0.39, 0.29) is 6.29 Å². The molecular formula is C27H38O3. The first kappa shape index (κ1) is 22.7. The normalized spacial score (nSPS) is 17.0. The molecule has 2 unspecified atom stereocenters. The third kappa shape index (κ3) is 6.77. The second-order valence-electron chi connectivity index (χ2n) is 8.91. The first-order chi connectivity index (χ1) is 14.5. The minimum atomic E-state index is -0.310. The maximum Gasteiger partial charge on any atom is 0.197 e. The molecule has 0 saturated heterocycles. The summed E-state index contributed by atoms with van der Waals surface area (Å²) in [7, 11) is 0. The van der Waals surface area contributed by atoms with Crippen LogP contribution in [0.1, 0.15) is 82.8 Å². The lowest BCUT2D eigenvalue weighted by Gasteiger charge is -2.22. The van der Waals surface area contributed by atoms with Gasteiger partial charge in [0.15, 0.2) is 6.29 Å². The van der Waals surface area contributed by atoms with E-state index in [0.29, 0.717) is 25.0 Å². The van der Waals surface area contributed by atoms with Gasteiger partial charge < -0.3 is 14.2 Å². The van der Waals surface area contributed by atoms with E-state index >= 15 is 0 Å². The molecule has 3 rings (SSSR count). The van der Waals surface area contributed by atoms with Crippen LogP contribution in [0.2, 0.25) is 0 Å². The van der Waals surface area contributed by atoms with Crippen molar-refractivity contribution in [3.63, 3.8) is 0 Å². The van der Waals surface area contributed by atoms with Crippen molar-refractivity contribution < 1.29 is 14.2 Å². The molecule has 0 heterocycles. The molecule has 164 valence electrons. The van der Waals surface area contributed by atoms with Crippen LogP contribution >= 0.6 is 0 Å². The van der Waals surface area contributed by atoms with Crippen molar-refractivity contribution in [2.45, 2.75) is 77.9 Å². The van der Waals surface area contributed by atoms with Crippen LogP contribution in [-0.4, -0.2) is 19.5 Å². The van der Waals surface area contributed by atoms with Crippen LogP contribution < -0.4 is 9.47 Å². The highest BCUT2D eigenvalue weighted by Crippen LogP contribution is 2.33. The molecule has 1 aliphatic rings. The van der Waals surface area contributed by atoms with Crippen molar-refractivity contribution in [1.82, 2.24) is 0 Å². The average molecular weight is 411 g/mol. The summed E-state index contributed by atoms with van der Waals surface area (Å²) in [5.74, 6) is 3.64. The number of ether oxygens (including phenoxy) is 3. The minimum absolute atomic E-state index is 0.310. The first-order valence-corrected chi connectivity index (χ1v) is 11.6. The molecule has 0 aromatic heterocycles. The lowest BCUT2D eigenvalue weighted by atomic mass is 9.84. The van der Waals surface area contributed by atoms with Gasteiger partial charge in [-0.25, -0.2) is 0 Å². The van der Waals surface area contributed by atoms with Gasteiger partial charge in [-0.2, -0.15) is 0 Å². The Kier molecular flexibility index (Phi) is 8.62. The third-order valence-electron chi connectivity index (χ3n) is 6.37. The maximum absolute atomic E-state index is 5.87. The highest BCUT2D eigenvalue weighted by atomic mass is 16.7. The predicted molar refractivity (Wildman–Crippen MR) is 124 cm³/mol. The van der Waals surface area contributed by atoms with Crippen molar-refractivity contribution in [2.75, 3.05) is 13.2 Å². The number of hydrogen-bond donors (Lipinski definition) is 0. The van der Waals surface area contributed by atoms with E-state index in [1.165, 1.54) is 43.2 Å². The van der Waals surface area contributed by atoms with Crippen molar-refractivity contribution in [3.05, 3.63) is 59.7 Å². The van der Waals surface area contributed by atoms with Gasteiger partial charge in [0.1, 0.15) is 18.1 Å². The quantitative estimate of drug-likeness (QED) is 0.303. The average Bonchev–Trinajstić information content (AvgIpc) is 2.78. The van der Waals surface area contributed by atoms with E-state index in [4.69, 9.17) is 14.2 Å². The molecule has 2 aromatic carbocycles. The van der Waals surface area contributed by atoms with Crippen molar-refractivity contribution in [2.24, 2.45) is 5.92 Å². The van der Waals surface area contributed by atoms with Gasteiger partial charge in [0.2, 0.25) is 0 Å². The zero-order valence-corrected chi connectivity index (χ0v) is 19.1. The highest BCUT2D eigenvalue weighted by molar-refractivity contribution is 5.30. The molecule has 30 heavy (non-hydrogen) atoms. The second kappa shape index (κ2) is 11.4. The van der Waals surface area contributed by atoms with Gasteiger partial charge in [0.05, 0.1) is 6.61 Å². The van der Waals surface area contributed by atoms with Gasteiger partial charge in [-0.15, -0.1) is 0 Å². The molecule has 1 saturated carbocycles. The van der Waals surface area contributed by atoms with Gasteiger partial charge in [-0.05, 0) is 72.9 Å². The van der Waals surface area contributed by atoms with E-state index < -0.39 is 0 Å². The molecule has 0 aliphatic heterocycles. The maximum atomic E-state index is 5.87. The van der Waals surface area contributed by atoms with Crippen LogP contribution in [0.3, 0.4) is 0 Å². The van der Waals surface area contributed by atoms with E-state index in [0.717, 1.165) is 17.4 Å². The molecule has 0 N–H and O–H groups in total. The molecule has 3 nitrogen and oxygen atoms in total. The molecule has 0 radical (unpaired) electrons. The number of benzene rings is 2. The zero-order valence-electron chi connectivity index (χ0n) is 19.1. The fourth-order valence-electron chi connectivity index (χ4n) is 4.11. The summed E-state index contributed by atoms with van der Waals surface area (Å²) in [5.41, 5.74) is 2.79. The van der Waals surface area contributed by atoms with Crippen LogP contribution in [0.5, 0.6) is 11.5 Å². The molecule has 1 fully saturated rings. The van der Waals surface area contributed by atoms with Crippen molar-refractivity contribution in [3.8, 4) is 11.5 Å². The summed E-state index contributed by atoms with van der Waals surface area (Å²) in [5, 5.41) is 0. The van der Waals surface area contributed by atoms with E-state index in [1.807, 2.05) is 19.1 Å². The summed E-state index contributed by atoms with van der Waals surface area (Å²) < 4.78 is 17.5. The van der Waals surface area contributed by atoms with Crippen LogP contribution in [-0.2, 0) is 4.74 Å². The summed E-state index contributed by atoms with van der Waals surface area (Å²) in [6.45, 7) is 9.69. The Balaban J connectivity index is 1.36. The van der Waals surface area contributed by atoms with Crippen molar-refractivity contribution >= 4 is 0 Å². The van der Waals surface area contributed by atoms with Crippen LogP contribution in [0, 0.1) is 5.92 Å². The largest absolute Gasteiger partial charge is 0.491 e. The lowest BCUT2D eigenvalue weighted by Crippen LogP contribution is -2.20. The Labute approximate surface area is 182 Å². The Morgan fingerprint density at radius 2 is 1.40 bits per heavy atom. The van der Waals surface area contributed by atoms with Crippen LogP contribution in [0.25, 0.3) is 0 Å². The van der Waals surface area contributed by atoms with Gasteiger partial charge in [0, 0.05) is 0 Å². The van der Waals surface area contributed by atoms with Gasteiger partial charge in [0.25, 0.3) is 0 Å². The topological polar surface area (TPSA) is 27.7 Å². The number of hydrogen-bond acceptors (Lipinski definition) is 3. The summed E-state index contributed by atoms with van der Waals surface area (Å²) in [6.07, 6.45) is 6.46. The van der Waals surface area contributed by atoms with Crippen LogP contribution in [0.4, 0.5) is 0 Å². The molecule has 2 atom stereocenters. The van der Waals surface area contributed by atoms with Gasteiger partial charge >= 0.3 is 0 Å². The lowest BCUT2D eigenvalue weighted by molar-refractivity contribution is -0.0739. The van der Waals surface area contributed by atoms with Crippen LogP contribution in [0.15, 0.2) is 48.5 Å². The SMILES string of the molecule is CC(OCCOc1ccc(C2CCCCC2)cc1)Oc1ccc(C(C)C(C)C)cc1. The van der Waals surface area contributed by atoms with Gasteiger partial charge in [-0.3, -0.25) is 0 Å². The van der Waals surface area contributed by atoms with E-state index in [1.54, 1.807) is 0 Å². The molecule has 1 aliphatic carbocycles. The summed E-state index contributed by atoms with van der Waals surface area (Å²) in [6, 6.07) is 17.0. The number of rotatable bonds is 10. The highest BCUT2D eigenvalue weighted by Gasteiger charge is 2.15. The predicted octanol–water partition coefficient (Wildman–Crippen LogP) is 7.31. The smallest absolute Gasteiger partial charge is 0.197 e. The zero-order chi connectivity index (χ0) is 21.3. The Morgan fingerprint density at radius 3 is 2.03 bits per heavy atom. The standard InChI is InChI=1S/C27H38O3/c1-20(2)21(3)23-10-16-27(17-11-23)30-22(4)28-18-19-29-26-14-12-25(13-15-26)24-8-6-5-7-9-24/h10-17,20-22,24H,5-9,18-19H2,1-4H3. The Morgan fingerprint density at radius 1 is 0.767 bits per heavy atom.